The number of carboxylic acid groups (broad SMARTS) is 1. The van der Waals surface area contributed by atoms with Gasteiger partial charge in [-0.25, -0.2) is 0 Å². The van der Waals surface area contributed by atoms with Crippen molar-refractivity contribution in [2.75, 3.05) is 0 Å². The zero-order valence-electron chi connectivity index (χ0n) is 10.5. The van der Waals surface area contributed by atoms with Gasteiger partial charge >= 0.3 is 5.97 Å². The van der Waals surface area contributed by atoms with Gasteiger partial charge in [-0.1, -0.05) is 32.6 Å². The standard InChI is InChI=1S/C13H25NO2/c1-3-12(13(15)16)14-10(2)11-8-6-4-5-7-9-11/h10-12,14H,3-9H2,1-2H3,(H,15,16)/t10-,12?/m1/s1. The average Bonchev–Trinajstić information content (AvgIpc) is 2.53. The molecule has 0 aromatic heterocycles. The maximum atomic E-state index is 11.0. The van der Waals surface area contributed by atoms with E-state index in [1.54, 1.807) is 0 Å². The first-order chi connectivity index (χ1) is 7.65. The van der Waals surface area contributed by atoms with Gasteiger partial charge in [0.1, 0.15) is 6.04 Å². The lowest BCUT2D eigenvalue weighted by Gasteiger charge is -2.26. The van der Waals surface area contributed by atoms with E-state index in [0.717, 1.165) is 0 Å². The summed E-state index contributed by atoms with van der Waals surface area (Å²) in [6, 6.07) is -0.0441. The molecule has 0 radical (unpaired) electrons. The molecule has 0 amide bonds. The van der Waals surface area contributed by atoms with Crippen LogP contribution in [-0.2, 0) is 4.79 Å². The fourth-order valence-corrected chi connectivity index (χ4v) is 2.63. The summed E-state index contributed by atoms with van der Waals surface area (Å²) < 4.78 is 0. The lowest BCUT2D eigenvalue weighted by atomic mass is 9.92. The van der Waals surface area contributed by atoms with Crippen LogP contribution in [0.5, 0.6) is 0 Å². The van der Waals surface area contributed by atoms with Crippen LogP contribution in [0, 0.1) is 5.92 Å². The van der Waals surface area contributed by atoms with Gasteiger partial charge in [-0.2, -0.15) is 0 Å². The molecule has 2 atom stereocenters. The van der Waals surface area contributed by atoms with E-state index in [0.29, 0.717) is 18.4 Å². The fourth-order valence-electron chi connectivity index (χ4n) is 2.63. The smallest absolute Gasteiger partial charge is 0.320 e. The highest BCUT2D eigenvalue weighted by molar-refractivity contribution is 5.73. The third-order valence-corrected chi connectivity index (χ3v) is 3.78. The van der Waals surface area contributed by atoms with Gasteiger partial charge in [0.25, 0.3) is 0 Å². The van der Waals surface area contributed by atoms with Crippen molar-refractivity contribution in [3.8, 4) is 0 Å². The Hall–Kier alpha value is -0.570. The molecular weight excluding hydrogens is 202 g/mol. The van der Waals surface area contributed by atoms with E-state index in [2.05, 4.69) is 12.2 Å². The fraction of sp³-hybridized carbons (Fsp3) is 0.923. The molecule has 2 N–H and O–H groups in total. The van der Waals surface area contributed by atoms with Crippen LogP contribution in [-0.4, -0.2) is 23.2 Å². The summed E-state index contributed by atoms with van der Waals surface area (Å²) in [6.45, 7) is 4.06. The highest BCUT2D eigenvalue weighted by Gasteiger charge is 2.23. The maximum Gasteiger partial charge on any atom is 0.320 e. The number of carbonyl (C=O) groups is 1. The molecule has 3 nitrogen and oxygen atoms in total. The molecule has 0 saturated heterocycles. The van der Waals surface area contributed by atoms with Gasteiger partial charge in [-0.3, -0.25) is 4.79 Å². The van der Waals surface area contributed by atoms with Crippen LogP contribution in [0.3, 0.4) is 0 Å². The van der Waals surface area contributed by atoms with Crippen molar-refractivity contribution in [2.45, 2.75) is 70.9 Å². The SMILES string of the molecule is CCC(N[C@H](C)C1CCCCCC1)C(=O)O. The summed E-state index contributed by atoms with van der Waals surface area (Å²) >= 11 is 0. The molecule has 16 heavy (non-hydrogen) atoms. The summed E-state index contributed by atoms with van der Waals surface area (Å²) in [4.78, 5) is 11.0. The predicted molar refractivity (Wildman–Crippen MR) is 65.5 cm³/mol. The lowest BCUT2D eigenvalue weighted by Crippen LogP contribution is -2.44. The minimum Gasteiger partial charge on any atom is -0.480 e. The highest BCUT2D eigenvalue weighted by atomic mass is 16.4. The molecule has 1 aliphatic carbocycles. The molecule has 3 heteroatoms. The van der Waals surface area contributed by atoms with Gasteiger partial charge < -0.3 is 10.4 Å². The Kier molecular flexibility index (Phi) is 5.81. The van der Waals surface area contributed by atoms with Crippen LogP contribution in [0.1, 0.15) is 58.8 Å². The number of carboxylic acids is 1. The summed E-state index contributed by atoms with van der Waals surface area (Å²) in [5, 5.41) is 12.3. The Morgan fingerprint density at radius 1 is 1.31 bits per heavy atom. The number of hydrogen-bond acceptors (Lipinski definition) is 2. The largest absolute Gasteiger partial charge is 0.480 e. The number of hydrogen-bond donors (Lipinski definition) is 2. The molecule has 0 bridgehead atoms. The van der Waals surface area contributed by atoms with E-state index in [1.165, 1.54) is 38.5 Å². The third-order valence-electron chi connectivity index (χ3n) is 3.78. The molecular formula is C13H25NO2. The predicted octanol–water partition coefficient (Wildman–Crippen LogP) is 2.80. The summed E-state index contributed by atoms with van der Waals surface area (Å²) in [5.74, 6) is -0.0566. The zero-order valence-corrected chi connectivity index (χ0v) is 10.5. The third kappa shape index (κ3) is 4.12. The topological polar surface area (TPSA) is 49.3 Å². The van der Waals surface area contributed by atoms with Gasteiger partial charge in [0.15, 0.2) is 0 Å². The Balaban J connectivity index is 2.42. The van der Waals surface area contributed by atoms with Crippen molar-refractivity contribution in [2.24, 2.45) is 5.92 Å². The first kappa shape index (κ1) is 13.5. The molecule has 94 valence electrons. The average molecular weight is 227 g/mol. The van der Waals surface area contributed by atoms with E-state index in [-0.39, 0.29) is 6.04 Å². The second-order valence-electron chi connectivity index (χ2n) is 5.01. The second kappa shape index (κ2) is 6.89. The van der Waals surface area contributed by atoms with Crippen molar-refractivity contribution in [1.82, 2.24) is 5.32 Å². The van der Waals surface area contributed by atoms with E-state index >= 15 is 0 Å². The second-order valence-corrected chi connectivity index (χ2v) is 5.01. The van der Waals surface area contributed by atoms with Gasteiger partial charge in [0.2, 0.25) is 0 Å². The van der Waals surface area contributed by atoms with Crippen LogP contribution in [0.25, 0.3) is 0 Å². The molecule has 0 aromatic carbocycles. The number of rotatable bonds is 5. The normalized spacial score (nSPS) is 22.4. The van der Waals surface area contributed by atoms with Crippen molar-refractivity contribution < 1.29 is 9.90 Å². The van der Waals surface area contributed by atoms with Crippen LogP contribution in [0.15, 0.2) is 0 Å². The molecule has 0 heterocycles. The number of nitrogens with one attached hydrogen (secondary N) is 1. The summed E-state index contributed by atoms with van der Waals surface area (Å²) in [7, 11) is 0. The van der Waals surface area contributed by atoms with Gasteiger partial charge in [0.05, 0.1) is 0 Å². The summed E-state index contributed by atoms with van der Waals surface area (Å²) in [5.41, 5.74) is 0. The van der Waals surface area contributed by atoms with Crippen molar-refractivity contribution >= 4 is 5.97 Å². The van der Waals surface area contributed by atoms with E-state index in [1.807, 2.05) is 6.92 Å². The van der Waals surface area contributed by atoms with Crippen LogP contribution in [0.4, 0.5) is 0 Å². The number of aliphatic carboxylic acids is 1. The van der Waals surface area contributed by atoms with Crippen LogP contribution in [0.2, 0.25) is 0 Å². The first-order valence-electron chi connectivity index (χ1n) is 6.64. The van der Waals surface area contributed by atoms with Gasteiger partial charge in [-0.05, 0) is 32.1 Å². The van der Waals surface area contributed by atoms with Gasteiger partial charge in [0, 0.05) is 6.04 Å². The van der Waals surface area contributed by atoms with Crippen molar-refractivity contribution in [3.05, 3.63) is 0 Å². The minimum absolute atomic E-state index is 0.333. The maximum absolute atomic E-state index is 11.0. The quantitative estimate of drug-likeness (QED) is 0.710. The molecule has 1 saturated carbocycles. The monoisotopic (exact) mass is 227 g/mol. The molecule has 0 aromatic rings. The molecule has 0 spiro atoms. The lowest BCUT2D eigenvalue weighted by molar-refractivity contribution is -0.139. The molecule has 0 aliphatic heterocycles. The van der Waals surface area contributed by atoms with Crippen molar-refractivity contribution in [3.63, 3.8) is 0 Å². The Morgan fingerprint density at radius 2 is 1.88 bits per heavy atom. The Labute approximate surface area is 98.6 Å². The van der Waals surface area contributed by atoms with Crippen LogP contribution >= 0.6 is 0 Å². The highest BCUT2D eigenvalue weighted by Crippen LogP contribution is 2.25. The van der Waals surface area contributed by atoms with Gasteiger partial charge in [-0.15, -0.1) is 0 Å². The molecule has 1 aliphatic rings. The Morgan fingerprint density at radius 3 is 2.31 bits per heavy atom. The minimum atomic E-state index is -0.719. The van der Waals surface area contributed by atoms with Crippen molar-refractivity contribution in [1.29, 1.82) is 0 Å². The molecule has 1 rings (SSSR count). The molecule has 1 fully saturated rings. The van der Waals surface area contributed by atoms with Crippen LogP contribution < -0.4 is 5.32 Å². The van der Waals surface area contributed by atoms with E-state index < -0.39 is 5.97 Å². The molecule has 1 unspecified atom stereocenters. The summed E-state index contributed by atoms with van der Waals surface area (Å²) in [6.07, 6.45) is 8.47. The van der Waals surface area contributed by atoms with E-state index in [9.17, 15) is 4.79 Å². The zero-order chi connectivity index (χ0) is 12.0. The van der Waals surface area contributed by atoms with E-state index in [4.69, 9.17) is 5.11 Å². The first-order valence-corrected chi connectivity index (χ1v) is 6.64. The Bertz CT molecular complexity index is 210.